The summed E-state index contributed by atoms with van der Waals surface area (Å²) in [6, 6.07) is 0. The summed E-state index contributed by atoms with van der Waals surface area (Å²) in [5.74, 6) is 0.758. The van der Waals surface area contributed by atoms with Crippen molar-refractivity contribution in [1.82, 2.24) is 0 Å². The third kappa shape index (κ3) is 1.44. The number of hydrogen-bond donors (Lipinski definition) is 0. The van der Waals surface area contributed by atoms with Crippen LogP contribution in [0.25, 0.3) is 0 Å². The molecule has 0 unspecified atom stereocenters. The molecule has 1 atom stereocenters. The van der Waals surface area contributed by atoms with Crippen LogP contribution in [0.15, 0.2) is 23.3 Å². The van der Waals surface area contributed by atoms with E-state index in [9.17, 15) is 0 Å². The molecule has 0 nitrogen and oxygen atoms in total. The second-order valence-corrected chi connectivity index (χ2v) is 2.95. The zero-order valence-electron chi connectivity index (χ0n) is 6.44. The zero-order chi connectivity index (χ0) is 6.85. The van der Waals surface area contributed by atoms with Crippen LogP contribution < -0.4 is 0 Å². The Labute approximate surface area is 57.3 Å². The van der Waals surface area contributed by atoms with E-state index < -0.39 is 0 Å². The molecule has 50 valence electrons. The van der Waals surface area contributed by atoms with E-state index in [4.69, 9.17) is 0 Å². The Bertz CT molecular complexity index is 161. The fraction of sp³-hybridized carbons (Fsp3) is 0.556. The fourth-order valence-corrected chi connectivity index (χ4v) is 1.15. The van der Waals surface area contributed by atoms with Crippen molar-refractivity contribution in [2.75, 3.05) is 0 Å². The molecule has 1 aliphatic carbocycles. The van der Waals surface area contributed by atoms with E-state index in [1.807, 2.05) is 0 Å². The highest BCUT2D eigenvalue weighted by molar-refractivity contribution is 5.30. The SMILES string of the molecule is CC1=CC[C@@H](C)C=C1C. The highest BCUT2D eigenvalue weighted by atomic mass is 14.1. The lowest BCUT2D eigenvalue weighted by molar-refractivity contribution is 0.722. The molecular weight excluding hydrogens is 108 g/mol. The normalized spacial score (nSPS) is 27.2. The molecule has 0 saturated carbocycles. The summed E-state index contributed by atoms with van der Waals surface area (Å²) in [6.07, 6.45) is 5.89. The van der Waals surface area contributed by atoms with Gasteiger partial charge in [-0.2, -0.15) is 0 Å². The van der Waals surface area contributed by atoms with Crippen molar-refractivity contribution in [1.29, 1.82) is 0 Å². The first-order chi connectivity index (χ1) is 4.20. The van der Waals surface area contributed by atoms with Gasteiger partial charge in [0.15, 0.2) is 0 Å². The Morgan fingerprint density at radius 3 is 2.44 bits per heavy atom. The van der Waals surface area contributed by atoms with E-state index in [-0.39, 0.29) is 0 Å². The van der Waals surface area contributed by atoms with Gasteiger partial charge in [-0.05, 0) is 26.2 Å². The van der Waals surface area contributed by atoms with Gasteiger partial charge in [0.2, 0.25) is 0 Å². The van der Waals surface area contributed by atoms with Crippen LogP contribution in [0, 0.1) is 5.92 Å². The van der Waals surface area contributed by atoms with Gasteiger partial charge in [0.05, 0.1) is 0 Å². The second kappa shape index (κ2) is 2.38. The molecule has 0 aromatic carbocycles. The predicted molar refractivity (Wildman–Crippen MR) is 41.3 cm³/mol. The predicted octanol–water partition coefficient (Wildman–Crippen LogP) is 2.92. The van der Waals surface area contributed by atoms with E-state index in [0.717, 1.165) is 5.92 Å². The van der Waals surface area contributed by atoms with Crippen molar-refractivity contribution in [2.24, 2.45) is 5.92 Å². The highest BCUT2D eigenvalue weighted by Crippen LogP contribution is 2.20. The third-order valence-electron chi connectivity index (χ3n) is 1.95. The van der Waals surface area contributed by atoms with Crippen LogP contribution in [-0.4, -0.2) is 0 Å². The minimum Gasteiger partial charge on any atom is -0.0808 e. The molecule has 0 radical (unpaired) electrons. The lowest BCUT2D eigenvalue weighted by Gasteiger charge is -2.12. The van der Waals surface area contributed by atoms with Gasteiger partial charge in [-0.1, -0.05) is 30.2 Å². The van der Waals surface area contributed by atoms with E-state index in [0.29, 0.717) is 0 Å². The summed E-state index contributed by atoms with van der Waals surface area (Å²) in [6.45, 7) is 6.62. The molecule has 0 aromatic rings. The Hall–Kier alpha value is -0.520. The molecule has 0 heteroatoms. The smallest absolute Gasteiger partial charge is 0.0221 e. The van der Waals surface area contributed by atoms with Crippen molar-refractivity contribution in [2.45, 2.75) is 27.2 Å². The Balaban J connectivity index is 2.75. The number of hydrogen-bond acceptors (Lipinski definition) is 0. The number of allylic oxidation sites excluding steroid dienone is 4. The molecule has 1 rings (SSSR count). The Morgan fingerprint density at radius 1 is 1.33 bits per heavy atom. The molecule has 0 saturated heterocycles. The maximum atomic E-state index is 2.34. The monoisotopic (exact) mass is 122 g/mol. The molecule has 0 amide bonds. The van der Waals surface area contributed by atoms with Gasteiger partial charge >= 0.3 is 0 Å². The minimum absolute atomic E-state index is 0.758. The molecule has 0 aliphatic heterocycles. The van der Waals surface area contributed by atoms with Crippen LogP contribution in [0.2, 0.25) is 0 Å². The summed E-state index contributed by atoms with van der Waals surface area (Å²) in [5.41, 5.74) is 2.90. The Morgan fingerprint density at radius 2 is 2.00 bits per heavy atom. The maximum absolute atomic E-state index is 2.34. The third-order valence-corrected chi connectivity index (χ3v) is 1.95. The summed E-state index contributed by atoms with van der Waals surface area (Å²) in [5, 5.41) is 0. The second-order valence-electron chi connectivity index (χ2n) is 2.95. The van der Waals surface area contributed by atoms with Crippen molar-refractivity contribution < 1.29 is 0 Å². The lowest BCUT2D eigenvalue weighted by atomic mass is 9.94. The van der Waals surface area contributed by atoms with E-state index in [2.05, 4.69) is 32.9 Å². The van der Waals surface area contributed by atoms with Gasteiger partial charge < -0.3 is 0 Å². The maximum Gasteiger partial charge on any atom is -0.0221 e. The highest BCUT2D eigenvalue weighted by Gasteiger charge is 2.03. The van der Waals surface area contributed by atoms with Crippen molar-refractivity contribution in [3.8, 4) is 0 Å². The summed E-state index contributed by atoms with van der Waals surface area (Å²) >= 11 is 0. The average Bonchev–Trinajstić information content (AvgIpc) is 1.80. The largest absolute Gasteiger partial charge is 0.0808 e. The zero-order valence-corrected chi connectivity index (χ0v) is 6.44. The van der Waals surface area contributed by atoms with Crippen LogP contribution in [-0.2, 0) is 0 Å². The number of rotatable bonds is 0. The molecule has 0 fully saturated rings. The molecule has 0 spiro atoms. The molecule has 0 aromatic heterocycles. The van der Waals surface area contributed by atoms with Gasteiger partial charge in [0.1, 0.15) is 0 Å². The molecular formula is C9H14. The molecule has 0 bridgehead atoms. The first-order valence-corrected chi connectivity index (χ1v) is 3.55. The Kier molecular flexibility index (Phi) is 1.75. The first-order valence-electron chi connectivity index (χ1n) is 3.55. The molecule has 0 N–H and O–H groups in total. The van der Waals surface area contributed by atoms with Gasteiger partial charge in [-0.25, -0.2) is 0 Å². The van der Waals surface area contributed by atoms with Crippen molar-refractivity contribution in [3.05, 3.63) is 23.3 Å². The summed E-state index contributed by atoms with van der Waals surface area (Å²) < 4.78 is 0. The molecule has 9 heavy (non-hydrogen) atoms. The van der Waals surface area contributed by atoms with Gasteiger partial charge in [0, 0.05) is 0 Å². The van der Waals surface area contributed by atoms with Crippen molar-refractivity contribution >= 4 is 0 Å². The van der Waals surface area contributed by atoms with E-state index >= 15 is 0 Å². The topological polar surface area (TPSA) is 0 Å². The fourth-order valence-electron chi connectivity index (χ4n) is 1.15. The first kappa shape index (κ1) is 6.60. The lowest BCUT2D eigenvalue weighted by Crippen LogP contribution is -1.96. The van der Waals surface area contributed by atoms with Crippen LogP contribution in [0.1, 0.15) is 27.2 Å². The summed E-state index contributed by atoms with van der Waals surface area (Å²) in [4.78, 5) is 0. The standard InChI is InChI=1S/C9H14/c1-7-4-5-8(2)9(3)6-7/h5-7H,4H2,1-3H3/t7-/m1/s1. The van der Waals surface area contributed by atoms with Crippen LogP contribution in [0.3, 0.4) is 0 Å². The van der Waals surface area contributed by atoms with E-state index in [1.54, 1.807) is 0 Å². The molecule has 1 aliphatic rings. The quantitative estimate of drug-likeness (QED) is 0.463. The molecule has 0 heterocycles. The van der Waals surface area contributed by atoms with Crippen LogP contribution in [0.4, 0.5) is 0 Å². The summed E-state index contributed by atoms with van der Waals surface area (Å²) in [7, 11) is 0. The van der Waals surface area contributed by atoms with E-state index in [1.165, 1.54) is 17.6 Å². The van der Waals surface area contributed by atoms with Gasteiger partial charge in [0.25, 0.3) is 0 Å². The van der Waals surface area contributed by atoms with Crippen LogP contribution in [0.5, 0.6) is 0 Å². The minimum atomic E-state index is 0.758. The van der Waals surface area contributed by atoms with Crippen LogP contribution >= 0.6 is 0 Å². The average molecular weight is 122 g/mol. The van der Waals surface area contributed by atoms with Gasteiger partial charge in [-0.15, -0.1) is 0 Å². The van der Waals surface area contributed by atoms with Gasteiger partial charge in [-0.3, -0.25) is 0 Å². The van der Waals surface area contributed by atoms with Crippen molar-refractivity contribution in [3.63, 3.8) is 0 Å².